The largest absolute Gasteiger partial charge is 0.325 e. The van der Waals surface area contributed by atoms with Crippen molar-refractivity contribution in [1.29, 1.82) is 0 Å². The van der Waals surface area contributed by atoms with Crippen LogP contribution < -0.4 is 5.32 Å². The van der Waals surface area contributed by atoms with Gasteiger partial charge in [0.25, 0.3) is 0 Å². The van der Waals surface area contributed by atoms with E-state index in [-0.39, 0.29) is 17.6 Å². The third-order valence-electron chi connectivity index (χ3n) is 4.18. The number of amides is 1. The second-order valence-electron chi connectivity index (χ2n) is 5.76. The lowest BCUT2D eigenvalue weighted by molar-refractivity contribution is -0.116. The molecule has 24 heavy (non-hydrogen) atoms. The number of benzene rings is 2. The van der Waals surface area contributed by atoms with Gasteiger partial charge in [0.1, 0.15) is 5.82 Å². The van der Waals surface area contributed by atoms with Gasteiger partial charge in [-0.05, 0) is 35.4 Å². The molecule has 4 rings (SSSR count). The molecular weight excluding hydrogens is 345 g/mol. The number of rotatable bonds is 2. The number of nitrogens with one attached hydrogen (secondary N) is 1. The first-order valence-corrected chi connectivity index (χ1v) is 8.80. The lowest BCUT2D eigenvalue weighted by Crippen LogP contribution is -2.22. The van der Waals surface area contributed by atoms with Gasteiger partial charge in [0.2, 0.25) is 5.91 Å². The average Bonchev–Trinajstić information content (AvgIpc) is 2.97. The molecule has 0 saturated carbocycles. The summed E-state index contributed by atoms with van der Waals surface area (Å²) in [5.41, 5.74) is 3.42. The molecule has 0 saturated heterocycles. The summed E-state index contributed by atoms with van der Waals surface area (Å²) >= 11 is 7.69. The molecule has 1 amide bonds. The number of halogens is 2. The summed E-state index contributed by atoms with van der Waals surface area (Å²) in [7, 11) is 0. The van der Waals surface area contributed by atoms with Crippen molar-refractivity contribution in [3.05, 3.63) is 75.2 Å². The van der Waals surface area contributed by atoms with Crippen molar-refractivity contribution in [3.63, 3.8) is 0 Å². The van der Waals surface area contributed by atoms with Gasteiger partial charge in [-0.2, -0.15) is 0 Å². The molecule has 1 N–H and O–H groups in total. The second-order valence-corrected chi connectivity index (χ2v) is 7.11. The summed E-state index contributed by atoms with van der Waals surface area (Å²) in [5, 5.41) is 5.59. The molecule has 2 aromatic carbocycles. The van der Waals surface area contributed by atoms with E-state index in [1.54, 1.807) is 17.4 Å². The molecule has 5 heteroatoms. The highest BCUT2D eigenvalue weighted by molar-refractivity contribution is 7.11. The number of anilines is 1. The van der Waals surface area contributed by atoms with Gasteiger partial charge in [-0.1, -0.05) is 35.9 Å². The third-order valence-corrected chi connectivity index (χ3v) is 5.51. The summed E-state index contributed by atoms with van der Waals surface area (Å²) in [4.78, 5) is 13.3. The van der Waals surface area contributed by atoms with Crippen molar-refractivity contribution in [1.82, 2.24) is 0 Å². The van der Waals surface area contributed by atoms with Gasteiger partial charge in [0.15, 0.2) is 0 Å². The van der Waals surface area contributed by atoms with Crippen molar-refractivity contribution >= 4 is 34.5 Å². The third kappa shape index (κ3) is 2.72. The fourth-order valence-corrected chi connectivity index (χ4v) is 4.45. The maximum atomic E-state index is 13.6. The smallest absolute Gasteiger partial charge is 0.225 e. The Morgan fingerprint density at radius 1 is 1.17 bits per heavy atom. The van der Waals surface area contributed by atoms with Crippen molar-refractivity contribution < 1.29 is 9.18 Å². The zero-order valence-corrected chi connectivity index (χ0v) is 14.1. The number of carbonyl (C=O) groups excluding carboxylic acids is 1. The highest BCUT2D eigenvalue weighted by Gasteiger charge is 2.30. The quantitative estimate of drug-likeness (QED) is 0.628. The lowest BCUT2D eigenvalue weighted by Gasteiger charge is -2.24. The van der Waals surface area contributed by atoms with Crippen LogP contribution in [-0.4, -0.2) is 5.91 Å². The summed E-state index contributed by atoms with van der Waals surface area (Å²) in [6, 6.07) is 14.0. The van der Waals surface area contributed by atoms with Crippen LogP contribution in [0.15, 0.2) is 53.9 Å². The normalized spacial score (nSPS) is 16.6. The fraction of sp³-hybridized carbons (Fsp3) is 0.105. The fourth-order valence-electron chi connectivity index (χ4n) is 3.09. The first-order valence-electron chi connectivity index (χ1n) is 7.54. The molecule has 1 unspecified atom stereocenters. The van der Waals surface area contributed by atoms with Gasteiger partial charge in [-0.3, -0.25) is 4.79 Å². The zero-order chi connectivity index (χ0) is 16.7. The molecule has 2 nitrogen and oxygen atoms in total. The van der Waals surface area contributed by atoms with E-state index in [0.29, 0.717) is 11.4 Å². The molecule has 1 atom stereocenters. The molecule has 2 heterocycles. The Hall–Kier alpha value is -2.17. The Bertz CT molecular complexity index is 937. The predicted molar refractivity (Wildman–Crippen MR) is 96.3 cm³/mol. The van der Waals surface area contributed by atoms with Crippen LogP contribution in [0.5, 0.6) is 0 Å². The standard InChI is InChI=1S/C19H13ClFNOS/c20-13-5-1-3-11(7-13)15-9-17(23)22-18-16(10-24-19(15)18)12-4-2-6-14(21)8-12/h1-8,10,15H,9H2,(H,22,23). The molecule has 120 valence electrons. The number of hydrogen-bond acceptors (Lipinski definition) is 2. The number of thiophene rings is 1. The molecular formula is C19H13ClFNOS. The van der Waals surface area contributed by atoms with Crippen LogP contribution in [0.2, 0.25) is 5.02 Å². The zero-order valence-electron chi connectivity index (χ0n) is 12.6. The maximum absolute atomic E-state index is 13.6. The monoisotopic (exact) mass is 357 g/mol. The highest BCUT2D eigenvalue weighted by atomic mass is 35.5. The van der Waals surface area contributed by atoms with Gasteiger partial charge in [-0.25, -0.2) is 4.39 Å². The summed E-state index contributed by atoms with van der Waals surface area (Å²) in [6.45, 7) is 0. The number of fused-ring (bicyclic) bond motifs is 1. The van der Waals surface area contributed by atoms with Crippen molar-refractivity contribution in [2.75, 3.05) is 5.32 Å². The average molecular weight is 358 g/mol. The topological polar surface area (TPSA) is 29.1 Å². The Balaban J connectivity index is 1.83. The molecule has 0 fully saturated rings. The van der Waals surface area contributed by atoms with E-state index in [0.717, 1.165) is 27.3 Å². The maximum Gasteiger partial charge on any atom is 0.225 e. The molecule has 0 bridgehead atoms. The Morgan fingerprint density at radius 3 is 2.79 bits per heavy atom. The van der Waals surface area contributed by atoms with E-state index < -0.39 is 0 Å². The summed E-state index contributed by atoms with van der Waals surface area (Å²) < 4.78 is 13.6. The molecule has 0 spiro atoms. The van der Waals surface area contributed by atoms with Gasteiger partial charge >= 0.3 is 0 Å². The van der Waals surface area contributed by atoms with E-state index in [2.05, 4.69) is 5.32 Å². The molecule has 1 aliphatic rings. The second kappa shape index (κ2) is 6.04. The molecule has 0 radical (unpaired) electrons. The minimum absolute atomic E-state index is 0.0280. The molecule has 1 aliphatic heterocycles. The molecule has 0 aliphatic carbocycles. The van der Waals surface area contributed by atoms with E-state index >= 15 is 0 Å². The number of carbonyl (C=O) groups is 1. The number of hydrogen-bond donors (Lipinski definition) is 1. The minimum atomic E-state index is -0.291. The van der Waals surface area contributed by atoms with Crippen LogP contribution in [0.1, 0.15) is 22.8 Å². The van der Waals surface area contributed by atoms with E-state index in [4.69, 9.17) is 11.6 Å². The van der Waals surface area contributed by atoms with Crippen LogP contribution in [0.25, 0.3) is 11.1 Å². The lowest BCUT2D eigenvalue weighted by atomic mass is 9.89. The Kier molecular flexibility index (Phi) is 3.87. The van der Waals surface area contributed by atoms with Crippen LogP contribution in [0.3, 0.4) is 0 Å². The predicted octanol–water partition coefficient (Wildman–Crippen LogP) is 5.68. The summed E-state index contributed by atoms with van der Waals surface area (Å²) in [5.74, 6) is -0.357. The van der Waals surface area contributed by atoms with Gasteiger partial charge in [0, 0.05) is 33.2 Å². The van der Waals surface area contributed by atoms with Crippen LogP contribution in [0.4, 0.5) is 10.1 Å². The van der Waals surface area contributed by atoms with E-state index in [1.807, 2.05) is 35.7 Å². The van der Waals surface area contributed by atoms with Crippen molar-refractivity contribution in [2.24, 2.45) is 0 Å². The molecule has 3 aromatic rings. The van der Waals surface area contributed by atoms with E-state index in [1.165, 1.54) is 12.1 Å². The first-order chi connectivity index (χ1) is 11.6. The van der Waals surface area contributed by atoms with E-state index in [9.17, 15) is 9.18 Å². The van der Waals surface area contributed by atoms with Crippen LogP contribution >= 0.6 is 22.9 Å². The van der Waals surface area contributed by atoms with Crippen LogP contribution in [0, 0.1) is 5.82 Å². The Morgan fingerprint density at radius 2 is 2.00 bits per heavy atom. The van der Waals surface area contributed by atoms with Gasteiger partial charge in [0.05, 0.1) is 5.69 Å². The van der Waals surface area contributed by atoms with Crippen molar-refractivity contribution in [2.45, 2.75) is 12.3 Å². The Labute approximate surface area is 147 Å². The van der Waals surface area contributed by atoms with Gasteiger partial charge < -0.3 is 5.32 Å². The molecule has 1 aromatic heterocycles. The van der Waals surface area contributed by atoms with Gasteiger partial charge in [-0.15, -0.1) is 11.3 Å². The van der Waals surface area contributed by atoms with Crippen LogP contribution in [-0.2, 0) is 4.79 Å². The summed E-state index contributed by atoms with van der Waals surface area (Å²) in [6.07, 6.45) is 0.385. The highest BCUT2D eigenvalue weighted by Crippen LogP contribution is 2.46. The SMILES string of the molecule is O=C1CC(c2cccc(Cl)c2)c2scc(-c3cccc(F)c3)c2N1. The first kappa shape index (κ1) is 15.4. The minimum Gasteiger partial charge on any atom is -0.325 e. The van der Waals surface area contributed by atoms with Crippen molar-refractivity contribution in [3.8, 4) is 11.1 Å².